The van der Waals surface area contributed by atoms with Crippen molar-refractivity contribution in [2.24, 2.45) is 0 Å². The molecule has 0 saturated carbocycles. The van der Waals surface area contributed by atoms with Crippen molar-refractivity contribution in [2.75, 3.05) is 18.0 Å². The minimum Gasteiger partial charge on any atom is -0.477 e. The molecule has 7 heteroatoms. The van der Waals surface area contributed by atoms with Crippen LogP contribution in [0, 0.1) is 6.92 Å². The van der Waals surface area contributed by atoms with Crippen molar-refractivity contribution in [3.05, 3.63) is 17.6 Å². The number of rotatable bonds is 2. The lowest BCUT2D eigenvalue weighted by Gasteiger charge is -2.18. The number of nitrogens with zero attached hydrogens (tertiary/aromatic N) is 5. The van der Waals surface area contributed by atoms with Gasteiger partial charge >= 0.3 is 5.97 Å². The number of aromatic carboxylic acids is 1. The van der Waals surface area contributed by atoms with Crippen molar-refractivity contribution >= 4 is 17.6 Å². The Hall–Kier alpha value is -2.18. The summed E-state index contributed by atoms with van der Waals surface area (Å²) in [4.78, 5) is 21.3. The van der Waals surface area contributed by atoms with Crippen LogP contribution in [0.15, 0.2) is 6.07 Å². The molecule has 7 nitrogen and oxygen atoms in total. The highest BCUT2D eigenvalue weighted by Crippen LogP contribution is 2.21. The lowest BCUT2D eigenvalue weighted by atomic mass is 10.3. The number of carboxylic acids is 1. The molecular weight excluding hydrogens is 234 g/mol. The summed E-state index contributed by atoms with van der Waals surface area (Å²) in [5, 5.41) is 13.3. The van der Waals surface area contributed by atoms with Crippen molar-refractivity contribution in [1.82, 2.24) is 19.6 Å². The van der Waals surface area contributed by atoms with Crippen LogP contribution in [0.25, 0.3) is 5.78 Å². The van der Waals surface area contributed by atoms with E-state index in [0.717, 1.165) is 31.7 Å². The van der Waals surface area contributed by atoms with Crippen molar-refractivity contribution < 1.29 is 9.90 Å². The summed E-state index contributed by atoms with van der Waals surface area (Å²) in [5.74, 6) is 0.647. The van der Waals surface area contributed by atoms with Crippen LogP contribution < -0.4 is 4.90 Å². The second-order valence-electron chi connectivity index (χ2n) is 4.37. The number of carbonyl (C=O) groups is 1. The number of aromatic nitrogens is 4. The summed E-state index contributed by atoms with van der Waals surface area (Å²) in [6.45, 7) is 3.59. The molecule has 3 rings (SSSR count). The van der Waals surface area contributed by atoms with Crippen LogP contribution in [-0.4, -0.2) is 43.7 Å². The molecule has 1 N–H and O–H groups in total. The van der Waals surface area contributed by atoms with Crippen molar-refractivity contribution in [3.63, 3.8) is 0 Å². The normalized spacial score (nSPS) is 15.5. The number of fused-ring (bicyclic) bond motifs is 1. The van der Waals surface area contributed by atoms with E-state index in [1.54, 1.807) is 17.5 Å². The Morgan fingerprint density at radius 2 is 2.06 bits per heavy atom. The summed E-state index contributed by atoms with van der Waals surface area (Å²) < 4.78 is 1.62. The van der Waals surface area contributed by atoms with Crippen LogP contribution in [0.2, 0.25) is 0 Å². The van der Waals surface area contributed by atoms with Gasteiger partial charge in [0.25, 0.3) is 5.78 Å². The van der Waals surface area contributed by atoms with Gasteiger partial charge in [0.2, 0.25) is 0 Å². The molecule has 0 aromatic carbocycles. The lowest BCUT2D eigenvalue weighted by molar-refractivity contribution is 0.0690. The number of anilines is 1. The molecule has 1 fully saturated rings. The minimum absolute atomic E-state index is 0.0109. The first kappa shape index (κ1) is 10.9. The van der Waals surface area contributed by atoms with Gasteiger partial charge in [-0.15, -0.1) is 5.10 Å². The zero-order valence-corrected chi connectivity index (χ0v) is 10.00. The van der Waals surface area contributed by atoms with Crippen LogP contribution in [0.4, 0.5) is 5.82 Å². The first-order valence-corrected chi connectivity index (χ1v) is 5.88. The fraction of sp³-hybridized carbons (Fsp3) is 0.455. The number of aryl methyl sites for hydroxylation is 1. The monoisotopic (exact) mass is 247 g/mol. The zero-order valence-electron chi connectivity index (χ0n) is 10.00. The molecule has 1 aliphatic heterocycles. The zero-order chi connectivity index (χ0) is 12.7. The smallest absolute Gasteiger partial charge is 0.354 e. The van der Waals surface area contributed by atoms with E-state index in [9.17, 15) is 4.79 Å². The quantitative estimate of drug-likeness (QED) is 0.842. The number of carboxylic acid groups (broad SMARTS) is 1. The molecule has 0 unspecified atom stereocenters. The molecule has 3 heterocycles. The first-order chi connectivity index (χ1) is 8.65. The highest BCUT2D eigenvalue weighted by Gasteiger charge is 2.20. The predicted molar refractivity (Wildman–Crippen MR) is 63.9 cm³/mol. The molecular formula is C11H13N5O2. The second-order valence-corrected chi connectivity index (χ2v) is 4.37. The van der Waals surface area contributed by atoms with Gasteiger partial charge in [0.1, 0.15) is 11.6 Å². The molecule has 0 spiro atoms. The Bertz CT molecular complexity index is 615. The predicted octanol–water partition coefficient (Wildman–Crippen LogP) is 0.731. The van der Waals surface area contributed by atoms with E-state index >= 15 is 0 Å². The third-order valence-electron chi connectivity index (χ3n) is 3.05. The maximum absolute atomic E-state index is 11.1. The summed E-state index contributed by atoms with van der Waals surface area (Å²) in [7, 11) is 0. The van der Waals surface area contributed by atoms with Crippen molar-refractivity contribution in [3.8, 4) is 0 Å². The van der Waals surface area contributed by atoms with E-state index in [1.807, 2.05) is 0 Å². The Morgan fingerprint density at radius 3 is 2.72 bits per heavy atom. The molecule has 0 amide bonds. The Labute approximate surface area is 103 Å². The number of hydrogen-bond donors (Lipinski definition) is 1. The molecule has 2 aromatic heterocycles. The molecule has 0 atom stereocenters. The SMILES string of the molecule is Cc1nc2nc(C(=O)O)cc(N3CCCC3)n2n1. The van der Waals surface area contributed by atoms with Gasteiger partial charge in [-0.25, -0.2) is 9.78 Å². The van der Waals surface area contributed by atoms with Gasteiger partial charge in [-0.3, -0.25) is 0 Å². The highest BCUT2D eigenvalue weighted by atomic mass is 16.4. The largest absolute Gasteiger partial charge is 0.477 e. The summed E-state index contributed by atoms with van der Waals surface area (Å²) in [6.07, 6.45) is 2.22. The average Bonchev–Trinajstić information content (AvgIpc) is 2.94. The van der Waals surface area contributed by atoms with Crippen LogP contribution in [-0.2, 0) is 0 Å². The Kier molecular flexibility index (Phi) is 2.39. The van der Waals surface area contributed by atoms with Gasteiger partial charge in [0, 0.05) is 19.2 Å². The topological polar surface area (TPSA) is 83.6 Å². The van der Waals surface area contributed by atoms with Gasteiger partial charge in [-0.1, -0.05) is 0 Å². The van der Waals surface area contributed by atoms with Gasteiger partial charge < -0.3 is 10.0 Å². The Balaban J connectivity index is 2.22. The maximum Gasteiger partial charge on any atom is 0.354 e. The molecule has 0 aliphatic carbocycles. The van der Waals surface area contributed by atoms with Crippen molar-refractivity contribution in [1.29, 1.82) is 0 Å². The first-order valence-electron chi connectivity index (χ1n) is 5.88. The van der Waals surface area contributed by atoms with Gasteiger partial charge in [-0.05, 0) is 19.8 Å². The highest BCUT2D eigenvalue weighted by molar-refractivity contribution is 5.87. The molecule has 0 radical (unpaired) electrons. The summed E-state index contributed by atoms with van der Waals surface area (Å²) >= 11 is 0. The van der Waals surface area contributed by atoms with Gasteiger partial charge in [0.05, 0.1) is 0 Å². The van der Waals surface area contributed by atoms with E-state index in [2.05, 4.69) is 20.0 Å². The number of hydrogen-bond acceptors (Lipinski definition) is 5. The summed E-state index contributed by atoms with van der Waals surface area (Å²) in [5.41, 5.74) is 0.0109. The van der Waals surface area contributed by atoms with Crippen LogP contribution in [0.5, 0.6) is 0 Å². The van der Waals surface area contributed by atoms with Crippen molar-refractivity contribution in [2.45, 2.75) is 19.8 Å². The molecule has 0 bridgehead atoms. The Morgan fingerprint density at radius 1 is 1.33 bits per heavy atom. The fourth-order valence-corrected chi connectivity index (χ4v) is 2.23. The van der Waals surface area contributed by atoms with Gasteiger partial charge in [-0.2, -0.15) is 9.50 Å². The second kappa shape index (κ2) is 3.94. The van der Waals surface area contributed by atoms with Crippen LogP contribution in [0.1, 0.15) is 29.2 Å². The summed E-state index contributed by atoms with van der Waals surface area (Å²) in [6, 6.07) is 1.56. The van der Waals surface area contributed by atoms with Crippen LogP contribution in [0.3, 0.4) is 0 Å². The van der Waals surface area contributed by atoms with Gasteiger partial charge in [0.15, 0.2) is 5.69 Å². The maximum atomic E-state index is 11.1. The van der Waals surface area contributed by atoms with Crippen LogP contribution >= 0.6 is 0 Å². The average molecular weight is 247 g/mol. The third-order valence-corrected chi connectivity index (χ3v) is 3.05. The standard InChI is InChI=1S/C11H13N5O2/c1-7-12-11-13-8(10(17)18)6-9(16(11)14-7)15-4-2-3-5-15/h6H,2-5H2,1H3,(H,17,18). The molecule has 1 saturated heterocycles. The third kappa shape index (κ3) is 1.68. The van der Waals surface area contributed by atoms with E-state index in [0.29, 0.717) is 11.6 Å². The van der Waals surface area contributed by atoms with E-state index in [1.165, 1.54) is 0 Å². The molecule has 2 aromatic rings. The van der Waals surface area contributed by atoms with E-state index in [4.69, 9.17) is 5.11 Å². The molecule has 94 valence electrons. The minimum atomic E-state index is -1.04. The van der Waals surface area contributed by atoms with E-state index in [-0.39, 0.29) is 5.69 Å². The van der Waals surface area contributed by atoms with E-state index < -0.39 is 5.97 Å². The lowest BCUT2D eigenvalue weighted by Crippen LogP contribution is -2.22. The fourth-order valence-electron chi connectivity index (χ4n) is 2.23. The molecule has 1 aliphatic rings. The molecule has 18 heavy (non-hydrogen) atoms.